The number of aromatic nitrogens is 4. The van der Waals surface area contributed by atoms with Crippen molar-refractivity contribution in [1.29, 1.82) is 0 Å². The predicted octanol–water partition coefficient (Wildman–Crippen LogP) is 2.39. The molecule has 0 saturated carbocycles. The molecule has 0 saturated heterocycles. The molecule has 0 aliphatic carbocycles. The molecule has 6 nitrogen and oxygen atoms in total. The van der Waals surface area contributed by atoms with Crippen LogP contribution in [0, 0.1) is 6.92 Å². The van der Waals surface area contributed by atoms with Crippen LogP contribution >= 0.6 is 27.7 Å². The summed E-state index contributed by atoms with van der Waals surface area (Å²) in [6.45, 7) is 4.05. The van der Waals surface area contributed by atoms with Crippen molar-refractivity contribution in [3.8, 4) is 5.82 Å². The Hall–Kier alpha value is -1.41. The predicted molar refractivity (Wildman–Crippen MR) is 78.9 cm³/mol. The number of carbonyl (C=O) groups excluding carboxylic acids is 1. The van der Waals surface area contributed by atoms with Gasteiger partial charge in [-0.15, -0.1) is 0 Å². The number of hydrogen-bond donors (Lipinski definition) is 0. The van der Waals surface area contributed by atoms with E-state index in [-0.39, 0.29) is 11.7 Å². The highest BCUT2D eigenvalue weighted by atomic mass is 79.9. The summed E-state index contributed by atoms with van der Waals surface area (Å²) in [6.07, 6.45) is 3.47. The fraction of sp³-hybridized carbons (Fsp3) is 0.333. The van der Waals surface area contributed by atoms with Crippen LogP contribution in [0.4, 0.5) is 0 Å². The van der Waals surface area contributed by atoms with E-state index in [1.807, 2.05) is 13.1 Å². The molecule has 2 heterocycles. The third kappa shape index (κ3) is 3.80. The molecule has 2 aromatic rings. The second kappa shape index (κ2) is 6.85. The smallest absolute Gasteiger partial charge is 0.316 e. The standard InChI is InChI=1S/C12H13BrN4O2S/c1-3-19-11(18)7-20-12-14-5-4-10(15-12)17-6-9(13)8(2)16-17/h4-6H,3,7H2,1-2H3. The zero-order chi connectivity index (χ0) is 14.5. The van der Waals surface area contributed by atoms with E-state index < -0.39 is 0 Å². The van der Waals surface area contributed by atoms with Crippen LogP contribution in [-0.4, -0.2) is 38.1 Å². The number of nitrogens with zero attached hydrogens (tertiary/aromatic N) is 4. The Labute approximate surface area is 129 Å². The molecule has 0 amide bonds. The van der Waals surface area contributed by atoms with E-state index in [9.17, 15) is 4.79 Å². The molecule has 0 atom stereocenters. The van der Waals surface area contributed by atoms with E-state index in [0.29, 0.717) is 17.6 Å². The fourth-order valence-corrected chi connectivity index (χ4v) is 2.31. The maximum Gasteiger partial charge on any atom is 0.316 e. The Bertz CT molecular complexity index is 598. The van der Waals surface area contributed by atoms with Gasteiger partial charge >= 0.3 is 5.97 Å². The van der Waals surface area contributed by atoms with Gasteiger partial charge in [0.05, 0.1) is 22.5 Å². The van der Waals surface area contributed by atoms with Gasteiger partial charge in [-0.05, 0) is 29.8 Å². The number of carbonyl (C=O) groups is 1. The highest BCUT2D eigenvalue weighted by Crippen LogP contribution is 2.18. The van der Waals surface area contributed by atoms with Crippen LogP contribution < -0.4 is 0 Å². The number of esters is 1. The topological polar surface area (TPSA) is 69.9 Å². The van der Waals surface area contributed by atoms with Crippen molar-refractivity contribution in [3.05, 3.63) is 28.6 Å². The first kappa shape index (κ1) is 15.0. The second-order valence-corrected chi connectivity index (χ2v) is 5.59. The zero-order valence-electron chi connectivity index (χ0n) is 11.0. The van der Waals surface area contributed by atoms with Gasteiger partial charge < -0.3 is 4.74 Å². The van der Waals surface area contributed by atoms with Crippen LogP contribution in [0.15, 0.2) is 28.1 Å². The van der Waals surface area contributed by atoms with E-state index in [1.165, 1.54) is 11.8 Å². The average Bonchev–Trinajstić information content (AvgIpc) is 2.77. The molecule has 2 rings (SSSR count). The van der Waals surface area contributed by atoms with E-state index >= 15 is 0 Å². The highest BCUT2D eigenvalue weighted by molar-refractivity contribution is 9.10. The van der Waals surface area contributed by atoms with Crippen molar-refractivity contribution in [1.82, 2.24) is 19.7 Å². The molecular weight excluding hydrogens is 344 g/mol. The van der Waals surface area contributed by atoms with Gasteiger partial charge in [0.1, 0.15) is 0 Å². The van der Waals surface area contributed by atoms with Crippen molar-refractivity contribution >= 4 is 33.7 Å². The van der Waals surface area contributed by atoms with Crippen LogP contribution in [0.25, 0.3) is 5.82 Å². The quantitative estimate of drug-likeness (QED) is 0.465. The van der Waals surface area contributed by atoms with Crippen molar-refractivity contribution in [2.24, 2.45) is 0 Å². The minimum atomic E-state index is -0.274. The first-order valence-corrected chi connectivity index (χ1v) is 7.71. The largest absolute Gasteiger partial charge is 0.465 e. The Kier molecular flexibility index (Phi) is 5.13. The van der Waals surface area contributed by atoms with Crippen LogP contribution in [-0.2, 0) is 9.53 Å². The van der Waals surface area contributed by atoms with Gasteiger partial charge in [0.15, 0.2) is 11.0 Å². The lowest BCUT2D eigenvalue weighted by Crippen LogP contribution is -2.07. The normalized spacial score (nSPS) is 10.6. The lowest BCUT2D eigenvalue weighted by atomic mass is 10.5. The van der Waals surface area contributed by atoms with Gasteiger partial charge in [-0.2, -0.15) is 5.10 Å². The van der Waals surface area contributed by atoms with Gasteiger partial charge in [-0.1, -0.05) is 11.8 Å². The Morgan fingerprint density at radius 2 is 2.35 bits per heavy atom. The first-order chi connectivity index (χ1) is 9.60. The Balaban J connectivity index is 2.10. The lowest BCUT2D eigenvalue weighted by Gasteiger charge is -2.03. The van der Waals surface area contributed by atoms with Crippen LogP contribution in [0.5, 0.6) is 0 Å². The Morgan fingerprint density at radius 3 is 3.00 bits per heavy atom. The summed E-state index contributed by atoms with van der Waals surface area (Å²) in [5.41, 5.74) is 0.879. The van der Waals surface area contributed by atoms with E-state index in [4.69, 9.17) is 4.74 Å². The van der Waals surface area contributed by atoms with Crippen molar-refractivity contribution in [2.45, 2.75) is 19.0 Å². The first-order valence-electron chi connectivity index (χ1n) is 5.93. The molecule has 0 spiro atoms. The summed E-state index contributed by atoms with van der Waals surface area (Å²) in [7, 11) is 0. The Morgan fingerprint density at radius 1 is 1.55 bits per heavy atom. The molecule has 0 fully saturated rings. The van der Waals surface area contributed by atoms with Gasteiger partial charge in [-0.25, -0.2) is 14.6 Å². The number of hydrogen-bond acceptors (Lipinski definition) is 6. The zero-order valence-corrected chi connectivity index (χ0v) is 13.4. The summed E-state index contributed by atoms with van der Waals surface area (Å²) in [5, 5.41) is 4.84. The summed E-state index contributed by atoms with van der Waals surface area (Å²) in [5.74, 6) is 0.573. The number of halogens is 1. The maximum absolute atomic E-state index is 11.3. The molecule has 0 aromatic carbocycles. The van der Waals surface area contributed by atoms with Gasteiger partial charge in [0.25, 0.3) is 0 Å². The number of ether oxygens (including phenoxy) is 1. The number of aryl methyl sites for hydroxylation is 1. The second-order valence-electron chi connectivity index (χ2n) is 3.80. The molecule has 0 aliphatic rings. The molecule has 8 heteroatoms. The fourth-order valence-electron chi connectivity index (χ4n) is 1.41. The molecule has 0 bridgehead atoms. The molecule has 0 radical (unpaired) electrons. The third-order valence-corrected chi connectivity index (χ3v) is 3.93. The van der Waals surface area contributed by atoms with Gasteiger partial charge in [0.2, 0.25) is 0 Å². The van der Waals surface area contributed by atoms with Gasteiger partial charge in [-0.3, -0.25) is 4.79 Å². The molecule has 0 aliphatic heterocycles. The highest BCUT2D eigenvalue weighted by Gasteiger charge is 2.08. The van der Waals surface area contributed by atoms with Crippen molar-refractivity contribution in [2.75, 3.05) is 12.4 Å². The maximum atomic E-state index is 11.3. The molecular formula is C12H13BrN4O2S. The third-order valence-electron chi connectivity index (χ3n) is 2.32. The van der Waals surface area contributed by atoms with Crippen molar-refractivity contribution < 1.29 is 9.53 Å². The van der Waals surface area contributed by atoms with E-state index in [0.717, 1.165) is 10.2 Å². The number of thioether (sulfide) groups is 1. The monoisotopic (exact) mass is 356 g/mol. The van der Waals surface area contributed by atoms with E-state index in [2.05, 4.69) is 31.0 Å². The van der Waals surface area contributed by atoms with Crippen molar-refractivity contribution in [3.63, 3.8) is 0 Å². The summed E-state index contributed by atoms with van der Waals surface area (Å²) in [4.78, 5) is 19.8. The van der Waals surface area contributed by atoms with Crippen LogP contribution in [0.1, 0.15) is 12.6 Å². The molecule has 2 aromatic heterocycles. The minimum absolute atomic E-state index is 0.194. The average molecular weight is 357 g/mol. The molecule has 106 valence electrons. The van der Waals surface area contributed by atoms with E-state index in [1.54, 1.807) is 23.9 Å². The molecule has 0 N–H and O–H groups in total. The minimum Gasteiger partial charge on any atom is -0.465 e. The lowest BCUT2D eigenvalue weighted by molar-refractivity contribution is -0.139. The summed E-state index contributed by atoms with van der Waals surface area (Å²) < 4.78 is 7.43. The number of rotatable bonds is 5. The molecule has 0 unspecified atom stereocenters. The molecule has 20 heavy (non-hydrogen) atoms. The SMILES string of the molecule is CCOC(=O)CSc1nccc(-n2cc(Br)c(C)n2)n1. The summed E-state index contributed by atoms with van der Waals surface area (Å²) >= 11 is 4.64. The summed E-state index contributed by atoms with van der Waals surface area (Å²) in [6, 6.07) is 1.76. The van der Waals surface area contributed by atoms with Gasteiger partial charge in [0, 0.05) is 18.5 Å². The van der Waals surface area contributed by atoms with Crippen LogP contribution in [0.3, 0.4) is 0 Å². The van der Waals surface area contributed by atoms with Crippen LogP contribution in [0.2, 0.25) is 0 Å².